The Hall–Kier alpha value is -0.930. The van der Waals surface area contributed by atoms with E-state index in [9.17, 15) is 9.50 Å². The van der Waals surface area contributed by atoms with E-state index in [0.29, 0.717) is 12.6 Å². The molecule has 2 nitrogen and oxygen atoms in total. The van der Waals surface area contributed by atoms with Gasteiger partial charge in [-0.2, -0.15) is 0 Å². The molecule has 0 saturated heterocycles. The highest BCUT2D eigenvalue weighted by Crippen LogP contribution is 2.12. The highest BCUT2D eigenvalue weighted by Gasteiger charge is 2.08. The summed E-state index contributed by atoms with van der Waals surface area (Å²) in [4.78, 5) is 0. The largest absolute Gasteiger partial charge is 0.387 e. The number of hydrogen-bond donors (Lipinski definition) is 2. The molecular formula is C13H20FNO. The Morgan fingerprint density at radius 2 is 1.94 bits per heavy atom. The fourth-order valence-electron chi connectivity index (χ4n) is 1.65. The molecule has 2 unspecified atom stereocenters. The molecule has 0 heterocycles. The van der Waals surface area contributed by atoms with Crippen LogP contribution in [0.3, 0.4) is 0 Å². The zero-order chi connectivity index (χ0) is 12.0. The number of benzene rings is 1. The maximum atomic E-state index is 12.7. The van der Waals surface area contributed by atoms with Crippen LogP contribution in [0, 0.1) is 5.82 Å². The number of rotatable bonds is 6. The first kappa shape index (κ1) is 13.1. The van der Waals surface area contributed by atoms with E-state index in [0.717, 1.165) is 18.4 Å². The fourth-order valence-corrected chi connectivity index (χ4v) is 1.65. The Morgan fingerprint density at radius 3 is 2.50 bits per heavy atom. The molecule has 0 fully saturated rings. The lowest BCUT2D eigenvalue weighted by Crippen LogP contribution is -2.30. The summed E-state index contributed by atoms with van der Waals surface area (Å²) in [5.41, 5.74) is 0.748. The highest BCUT2D eigenvalue weighted by atomic mass is 19.1. The van der Waals surface area contributed by atoms with E-state index >= 15 is 0 Å². The minimum atomic E-state index is -0.570. The van der Waals surface area contributed by atoms with Crippen molar-refractivity contribution < 1.29 is 9.50 Å². The number of nitrogens with one attached hydrogen (secondary N) is 1. The first-order valence-corrected chi connectivity index (χ1v) is 5.80. The predicted molar refractivity (Wildman–Crippen MR) is 63.7 cm³/mol. The van der Waals surface area contributed by atoms with Gasteiger partial charge >= 0.3 is 0 Å². The third-order valence-electron chi connectivity index (χ3n) is 2.64. The number of aliphatic hydroxyl groups is 1. The average molecular weight is 225 g/mol. The van der Waals surface area contributed by atoms with Crippen LogP contribution >= 0.6 is 0 Å². The molecule has 2 N–H and O–H groups in total. The number of hydrogen-bond acceptors (Lipinski definition) is 2. The SMILES string of the molecule is CCCC(C)NCC(O)c1ccc(F)cc1. The van der Waals surface area contributed by atoms with Crippen LogP contribution < -0.4 is 5.32 Å². The van der Waals surface area contributed by atoms with Crippen LogP contribution in [0.25, 0.3) is 0 Å². The first-order chi connectivity index (χ1) is 7.63. The molecule has 3 heteroatoms. The Balaban J connectivity index is 2.40. The molecule has 1 aromatic carbocycles. The monoisotopic (exact) mass is 225 g/mol. The van der Waals surface area contributed by atoms with Gasteiger partial charge in [0.05, 0.1) is 6.10 Å². The second kappa shape index (κ2) is 6.61. The summed E-state index contributed by atoms with van der Waals surface area (Å²) in [5, 5.41) is 13.1. The molecule has 2 atom stereocenters. The van der Waals surface area contributed by atoms with Crippen LogP contribution in [0.2, 0.25) is 0 Å². The smallest absolute Gasteiger partial charge is 0.123 e. The van der Waals surface area contributed by atoms with E-state index in [4.69, 9.17) is 0 Å². The molecule has 0 amide bonds. The topological polar surface area (TPSA) is 32.3 Å². The normalized spacial score (nSPS) is 14.8. The standard InChI is InChI=1S/C13H20FNO/c1-3-4-10(2)15-9-13(16)11-5-7-12(14)8-6-11/h5-8,10,13,15-16H,3-4,9H2,1-2H3. The second-order valence-electron chi connectivity index (χ2n) is 4.17. The summed E-state index contributed by atoms with van der Waals surface area (Å²) in [6, 6.07) is 6.38. The van der Waals surface area contributed by atoms with Gasteiger partial charge in [-0.3, -0.25) is 0 Å². The van der Waals surface area contributed by atoms with Crippen molar-refractivity contribution in [2.45, 2.75) is 38.8 Å². The second-order valence-corrected chi connectivity index (χ2v) is 4.17. The van der Waals surface area contributed by atoms with E-state index in [2.05, 4.69) is 19.2 Å². The van der Waals surface area contributed by atoms with Crippen LogP contribution in [-0.4, -0.2) is 17.7 Å². The summed E-state index contributed by atoms with van der Waals surface area (Å²) in [6.07, 6.45) is 1.65. The van der Waals surface area contributed by atoms with Crippen LogP contribution in [0.1, 0.15) is 38.4 Å². The zero-order valence-electron chi connectivity index (χ0n) is 9.91. The van der Waals surface area contributed by atoms with Gasteiger partial charge in [-0.15, -0.1) is 0 Å². The molecule has 16 heavy (non-hydrogen) atoms. The Kier molecular flexibility index (Phi) is 5.43. The summed E-state index contributed by atoms with van der Waals surface area (Å²) in [6.45, 7) is 4.74. The van der Waals surface area contributed by atoms with Gasteiger partial charge in [0, 0.05) is 12.6 Å². The van der Waals surface area contributed by atoms with Crippen molar-refractivity contribution in [1.29, 1.82) is 0 Å². The van der Waals surface area contributed by atoms with Gasteiger partial charge in [-0.1, -0.05) is 25.5 Å². The maximum Gasteiger partial charge on any atom is 0.123 e. The van der Waals surface area contributed by atoms with Gasteiger partial charge < -0.3 is 10.4 Å². The lowest BCUT2D eigenvalue weighted by molar-refractivity contribution is 0.170. The van der Waals surface area contributed by atoms with Crippen molar-refractivity contribution >= 4 is 0 Å². The third kappa shape index (κ3) is 4.29. The van der Waals surface area contributed by atoms with Crippen molar-refractivity contribution in [1.82, 2.24) is 5.32 Å². The molecule has 0 radical (unpaired) electrons. The van der Waals surface area contributed by atoms with Gasteiger partial charge in [0.25, 0.3) is 0 Å². The predicted octanol–water partition coefficient (Wildman–Crippen LogP) is 2.64. The number of halogens is 1. The minimum absolute atomic E-state index is 0.275. The molecular weight excluding hydrogens is 205 g/mol. The Bertz CT molecular complexity index is 299. The molecule has 0 saturated carbocycles. The van der Waals surface area contributed by atoms with Crippen molar-refractivity contribution in [3.05, 3.63) is 35.6 Å². The maximum absolute atomic E-state index is 12.7. The highest BCUT2D eigenvalue weighted by molar-refractivity contribution is 5.18. The van der Waals surface area contributed by atoms with Gasteiger partial charge in [0.15, 0.2) is 0 Å². The van der Waals surface area contributed by atoms with Crippen molar-refractivity contribution in [3.8, 4) is 0 Å². The van der Waals surface area contributed by atoms with E-state index < -0.39 is 6.10 Å². The van der Waals surface area contributed by atoms with E-state index in [1.807, 2.05) is 0 Å². The quantitative estimate of drug-likeness (QED) is 0.780. The summed E-state index contributed by atoms with van der Waals surface area (Å²) in [5.74, 6) is -0.275. The molecule has 0 aliphatic rings. The number of aliphatic hydroxyl groups excluding tert-OH is 1. The fraction of sp³-hybridized carbons (Fsp3) is 0.538. The molecule has 0 spiro atoms. The molecule has 90 valence electrons. The van der Waals surface area contributed by atoms with E-state index in [1.54, 1.807) is 12.1 Å². The van der Waals surface area contributed by atoms with Crippen LogP contribution in [-0.2, 0) is 0 Å². The van der Waals surface area contributed by atoms with E-state index in [-0.39, 0.29) is 5.82 Å². The van der Waals surface area contributed by atoms with E-state index in [1.165, 1.54) is 12.1 Å². The summed E-state index contributed by atoms with van der Waals surface area (Å²) >= 11 is 0. The molecule has 1 aromatic rings. The minimum Gasteiger partial charge on any atom is -0.387 e. The van der Waals surface area contributed by atoms with Gasteiger partial charge in [0.2, 0.25) is 0 Å². The van der Waals surface area contributed by atoms with Crippen LogP contribution in [0.15, 0.2) is 24.3 Å². The summed E-state index contributed by atoms with van der Waals surface area (Å²) < 4.78 is 12.7. The van der Waals surface area contributed by atoms with Crippen molar-refractivity contribution in [2.24, 2.45) is 0 Å². The Morgan fingerprint density at radius 1 is 1.31 bits per heavy atom. The van der Waals surface area contributed by atoms with Gasteiger partial charge in [-0.05, 0) is 31.0 Å². The molecule has 0 aromatic heterocycles. The zero-order valence-corrected chi connectivity index (χ0v) is 9.91. The van der Waals surface area contributed by atoms with Gasteiger partial charge in [0.1, 0.15) is 5.82 Å². The third-order valence-corrected chi connectivity index (χ3v) is 2.64. The molecule has 0 aliphatic heterocycles. The average Bonchev–Trinajstić information content (AvgIpc) is 2.27. The van der Waals surface area contributed by atoms with Gasteiger partial charge in [-0.25, -0.2) is 4.39 Å². The first-order valence-electron chi connectivity index (χ1n) is 5.80. The lowest BCUT2D eigenvalue weighted by atomic mass is 10.1. The summed E-state index contributed by atoms with van der Waals surface area (Å²) in [7, 11) is 0. The lowest BCUT2D eigenvalue weighted by Gasteiger charge is -2.16. The van der Waals surface area contributed by atoms with Crippen molar-refractivity contribution in [3.63, 3.8) is 0 Å². The Labute approximate surface area is 96.5 Å². The molecule has 0 bridgehead atoms. The molecule has 1 rings (SSSR count). The van der Waals surface area contributed by atoms with Crippen LogP contribution in [0.5, 0.6) is 0 Å². The van der Waals surface area contributed by atoms with Crippen molar-refractivity contribution in [2.75, 3.05) is 6.54 Å². The van der Waals surface area contributed by atoms with Crippen LogP contribution in [0.4, 0.5) is 4.39 Å². The molecule has 0 aliphatic carbocycles.